The minimum absolute atomic E-state index is 0.0276. The Balaban J connectivity index is 3.14. The van der Waals surface area contributed by atoms with E-state index < -0.39 is 29.2 Å². The van der Waals surface area contributed by atoms with Crippen molar-refractivity contribution in [2.45, 2.75) is 40.5 Å². The average Bonchev–Trinajstić information content (AvgIpc) is 2.57. The summed E-state index contributed by atoms with van der Waals surface area (Å²) < 4.78 is 10.0. The van der Waals surface area contributed by atoms with Crippen LogP contribution in [0.2, 0.25) is 15.1 Å². The van der Waals surface area contributed by atoms with Gasteiger partial charge in [-0.05, 0) is 23.8 Å². The summed E-state index contributed by atoms with van der Waals surface area (Å²) in [5, 5.41) is 8.15. The number of hydrogen-bond donors (Lipinski definition) is 1. The zero-order valence-electron chi connectivity index (χ0n) is 15.4. The van der Waals surface area contributed by atoms with Gasteiger partial charge in [0, 0.05) is 0 Å². The lowest BCUT2D eigenvalue weighted by Gasteiger charge is -2.31. The molecule has 0 aliphatic carbocycles. The first kappa shape index (κ1) is 23.5. The Labute approximate surface area is 172 Å². The second kappa shape index (κ2) is 9.62. The van der Waals surface area contributed by atoms with Crippen LogP contribution in [0.3, 0.4) is 0 Å². The molecule has 9 heteroatoms. The van der Waals surface area contributed by atoms with Crippen LogP contribution in [0.1, 0.15) is 50.9 Å². The molecule has 1 unspecified atom stereocenters. The summed E-state index contributed by atoms with van der Waals surface area (Å²) in [5.41, 5.74) is -0.465. The topological polar surface area (TPSA) is 89.9 Å². The van der Waals surface area contributed by atoms with Crippen molar-refractivity contribution in [3.8, 4) is 5.75 Å². The fourth-order valence-corrected chi connectivity index (χ4v) is 3.11. The highest BCUT2D eigenvalue weighted by atomic mass is 35.5. The smallest absolute Gasteiger partial charge is 0.422 e. The lowest BCUT2D eigenvalue weighted by molar-refractivity contribution is -0.158. The van der Waals surface area contributed by atoms with E-state index in [4.69, 9.17) is 49.4 Å². The molecule has 1 N–H and O–H groups in total. The van der Waals surface area contributed by atoms with Crippen molar-refractivity contribution in [2.24, 2.45) is 11.3 Å². The molecule has 0 spiro atoms. The molecule has 6 nitrogen and oxygen atoms in total. The molecular formula is C18H21Cl3O6. The highest BCUT2D eigenvalue weighted by Gasteiger charge is 2.30. The van der Waals surface area contributed by atoms with E-state index >= 15 is 0 Å². The summed E-state index contributed by atoms with van der Waals surface area (Å²) in [7, 11) is 0. The Morgan fingerprint density at radius 1 is 1.19 bits per heavy atom. The molecule has 0 aliphatic rings. The van der Waals surface area contributed by atoms with Crippen molar-refractivity contribution in [3.05, 3.63) is 26.7 Å². The summed E-state index contributed by atoms with van der Waals surface area (Å²) in [6.45, 7) is 8.23. The maximum atomic E-state index is 12.6. The molecule has 0 saturated heterocycles. The van der Waals surface area contributed by atoms with E-state index in [2.05, 4.69) is 20.8 Å². The summed E-state index contributed by atoms with van der Waals surface area (Å²) in [5.74, 6) is -4.88. The maximum absolute atomic E-state index is 12.6. The van der Waals surface area contributed by atoms with Crippen LogP contribution in [-0.4, -0.2) is 29.6 Å². The molecule has 0 radical (unpaired) electrons. The van der Waals surface area contributed by atoms with Crippen LogP contribution in [-0.2, 0) is 14.3 Å². The van der Waals surface area contributed by atoms with Gasteiger partial charge in [-0.25, -0.2) is 14.4 Å². The third kappa shape index (κ3) is 5.99. The van der Waals surface area contributed by atoms with Gasteiger partial charge in [0.15, 0.2) is 5.75 Å². The van der Waals surface area contributed by atoms with Crippen LogP contribution in [0.5, 0.6) is 5.75 Å². The van der Waals surface area contributed by atoms with E-state index in [1.54, 1.807) is 0 Å². The number of halogens is 3. The standard InChI is InChI=1S/C18H21Cl3O6/c1-5-6-18(3,4)9(2)8-26-16(24)12-13(21)10(19)7-11(20)14(12)27-17(25)15(22)23/h7,9H,5-6,8H2,1-4H3,(H,22,23). The zero-order valence-corrected chi connectivity index (χ0v) is 17.7. The molecule has 0 heterocycles. The molecule has 150 valence electrons. The number of carbonyl (C=O) groups is 3. The van der Waals surface area contributed by atoms with Crippen LogP contribution in [0.15, 0.2) is 6.07 Å². The molecule has 1 rings (SSSR count). The lowest BCUT2D eigenvalue weighted by atomic mass is 9.77. The molecule has 1 aromatic carbocycles. The van der Waals surface area contributed by atoms with E-state index in [0.717, 1.165) is 18.9 Å². The minimum Gasteiger partial charge on any atom is -0.473 e. The Morgan fingerprint density at radius 3 is 2.30 bits per heavy atom. The fourth-order valence-electron chi connectivity index (χ4n) is 2.39. The third-order valence-corrected chi connectivity index (χ3v) is 5.46. The third-order valence-electron chi connectivity index (χ3n) is 4.39. The van der Waals surface area contributed by atoms with E-state index in [1.165, 1.54) is 0 Å². The first-order valence-electron chi connectivity index (χ1n) is 8.22. The SMILES string of the molecule is CCCC(C)(C)C(C)COC(=O)c1c(Cl)c(Cl)cc(Cl)c1OC(=O)C(=O)O. The summed E-state index contributed by atoms with van der Waals surface area (Å²) in [6.07, 6.45) is 1.92. The van der Waals surface area contributed by atoms with Crippen molar-refractivity contribution in [1.82, 2.24) is 0 Å². The number of carbonyl (C=O) groups excluding carboxylic acids is 2. The molecule has 0 saturated carbocycles. The molecule has 0 aromatic heterocycles. The second-order valence-electron chi connectivity index (χ2n) is 6.79. The number of rotatable bonds is 7. The summed E-state index contributed by atoms with van der Waals surface area (Å²) >= 11 is 17.9. The lowest BCUT2D eigenvalue weighted by Crippen LogP contribution is -2.27. The largest absolute Gasteiger partial charge is 0.473 e. The minimum atomic E-state index is -1.86. The number of benzene rings is 1. The Bertz CT molecular complexity index is 745. The van der Waals surface area contributed by atoms with Crippen molar-refractivity contribution in [2.75, 3.05) is 6.61 Å². The van der Waals surface area contributed by atoms with Crippen molar-refractivity contribution < 1.29 is 29.0 Å². The first-order chi connectivity index (χ1) is 12.4. The number of aliphatic carboxylic acids is 1. The first-order valence-corrected chi connectivity index (χ1v) is 9.35. The van der Waals surface area contributed by atoms with Crippen molar-refractivity contribution in [1.29, 1.82) is 0 Å². The highest BCUT2D eigenvalue weighted by Crippen LogP contribution is 2.40. The van der Waals surface area contributed by atoms with Gasteiger partial charge in [0.1, 0.15) is 5.56 Å². The Kier molecular flexibility index (Phi) is 8.39. The molecule has 0 aliphatic heterocycles. The van der Waals surface area contributed by atoms with Gasteiger partial charge >= 0.3 is 17.9 Å². The van der Waals surface area contributed by atoms with Gasteiger partial charge in [-0.15, -0.1) is 0 Å². The maximum Gasteiger partial charge on any atom is 0.422 e. The predicted octanol–water partition coefficient (Wildman–Crippen LogP) is 5.26. The number of carboxylic acid groups (broad SMARTS) is 1. The molecule has 0 bridgehead atoms. The molecule has 1 atom stereocenters. The van der Waals surface area contributed by atoms with Crippen LogP contribution < -0.4 is 4.74 Å². The summed E-state index contributed by atoms with van der Waals surface area (Å²) in [6, 6.07) is 1.14. The highest BCUT2D eigenvalue weighted by molar-refractivity contribution is 6.46. The van der Waals surface area contributed by atoms with Crippen molar-refractivity contribution in [3.63, 3.8) is 0 Å². The van der Waals surface area contributed by atoms with Gasteiger partial charge in [0.05, 0.1) is 21.7 Å². The fraction of sp³-hybridized carbons (Fsp3) is 0.500. The van der Waals surface area contributed by atoms with Gasteiger partial charge in [0.2, 0.25) is 0 Å². The molecular weight excluding hydrogens is 419 g/mol. The van der Waals surface area contributed by atoms with Gasteiger partial charge in [0.25, 0.3) is 0 Å². The van der Waals surface area contributed by atoms with Gasteiger partial charge < -0.3 is 14.6 Å². The normalized spacial score (nSPS) is 12.4. The molecule has 0 amide bonds. The molecule has 0 fully saturated rings. The van der Waals surface area contributed by atoms with E-state index in [9.17, 15) is 14.4 Å². The van der Waals surface area contributed by atoms with E-state index in [-0.39, 0.29) is 33.0 Å². The number of hydrogen-bond acceptors (Lipinski definition) is 5. The second-order valence-corrected chi connectivity index (χ2v) is 7.98. The van der Waals surface area contributed by atoms with Crippen LogP contribution in [0.4, 0.5) is 0 Å². The van der Waals surface area contributed by atoms with E-state index in [1.807, 2.05) is 6.92 Å². The quantitative estimate of drug-likeness (QED) is 0.270. The number of ether oxygens (including phenoxy) is 2. The predicted molar refractivity (Wildman–Crippen MR) is 103 cm³/mol. The van der Waals surface area contributed by atoms with E-state index in [0.29, 0.717) is 0 Å². The number of carboxylic acids is 1. The van der Waals surface area contributed by atoms with Gasteiger partial charge in [-0.3, -0.25) is 0 Å². The Morgan fingerprint density at radius 2 is 1.78 bits per heavy atom. The monoisotopic (exact) mass is 438 g/mol. The van der Waals surface area contributed by atoms with Crippen LogP contribution >= 0.6 is 34.8 Å². The Hall–Kier alpha value is -1.50. The van der Waals surface area contributed by atoms with Gasteiger partial charge in [-0.1, -0.05) is 68.9 Å². The van der Waals surface area contributed by atoms with Gasteiger partial charge in [-0.2, -0.15) is 0 Å². The van der Waals surface area contributed by atoms with Crippen molar-refractivity contribution >= 4 is 52.7 Å². The summed E-state index contributed by atoms with van der Waals surface area (Å²) in [4.78, 5) is 34.7. The zero-order chi connectivity index (χ0) is 20.9. The molecule has 27 heavy (non-hydrogen) atoms. The average molecular weight is 440 g/mol. The number of esters is 2. The molecule has 1 aromatic rings. The van der Waals surface area contributed by atoms with Crippen LogP contribution in [0, 0.1) is 11.3 Å². The van der Waals surface area contributed by atoms with Crippen LogP contribution in [0.25, 0.3) is 0 Å².